The van der Waals surface area contributed by atoms with E-state index in [-0.39, 0.29) is 26.1 Å². The minimum absolute atomic E-state index is 0.105. The summed E-state index contributed by atoms with van der Waals surface area (Å²) in [7, 11) is 0. The SMILES string of the molecule is OCC1CC(O)C(O)C(C#Cc2ccc3c(c2)C(CO)(CO)c2cc(C#CC4OC(CO)CC(O)C4O)ccc2-3)O1. The summed E-state index contributed by atoms with van der Waals surface area (Å²) >= 11 is 0. The Morgan fingerprint density at radius 3 is 1.44 bits per heavy atom. The maximum atomic E-state index is 10.6. The second-order valence-corrected chi connectivity index (χ2v) is 10.8. The van der Waals surface area contributed by atoms with Crippen molar-refractivity contribution in [2.75, 3.05) is 26.4 Å². The summed E-state index contributed by atoms with van der Waals surface area (Å²) < 4.78 is 11.2. The van der Waals surface area contributed by atoms with Gasteiger partial charge in [-0.3, -0.25) is 0 Å². The average Bonchev–Trinajstić information content (AvgIpc) is 3.26. The van der Waals surface area contributed by atoms with Gasteiger partial charge in [-0.15, -0.1) is 0 Å². The number of ether oxygens (including phenoxy) is 2. The van der Waals surface area contributed by atoms with Crippen LogP contribution in [0.1, 0.15) is 35.1 Å². The molecule has 2 fully saturated rings. The van der Waals surface area contributed by atoms with Gasteiger partial charge in [-0.1, -0.05) is 35.8 Å². The highest BCUT2D eigenvalue weighted by molar-refractivity contribution is 5.82. The lowest BCUT2D eigenvalue weighted by Crippen LogP contribution is -2.48. The molecule has 8 N–H and O–H groups in total. The van der Waals surface area contributed by atoms with Gasteiger partial charge in [0.2, 0.25) is 0 Å². The molecule has 0 saturated carbocycles. The summed E-state index contributed by atoms with van der Waals surface area (Å²) in [6.45, 7) is -1.41. The van der Waals surface area contributed by atoms with Gasteiger partial charge >= 0.3 is 0 Å². The molecule has 0 radical (unpaired) electrons. The zero-order chi connectivity index (χ0) is 29.3. The first-order chi connectivity index (χ1) is 19.7. The number of aliphatic hydroxyl groups is 8. The van der Waals surface area contributed by atoms with E-state index in [2.05, 4.69) is 23.7 Å². The third kappa shape index (κ3) is 5.53. The summed E-state index contributed by atoms with van der Waals surface area (Å²) in [5.74, 6) is 11.5. The van der Waals surface area contributed by atoms with Crippen molar-refractivity contribution in [3.8, 4) is 34.8 Å². The van der Waals surface area contributed by atoms with E-state index in [0.717, 1.165) is 11.1 Å². The first-order valence-electron chi connectivity index (χ1n) is 13.5. The van der Waals surface area contributed by atoms with Gasteiger partial charge in [0.05, 0.1) is 56.3 Å². The van der Waals surface area contributed by atoms with E-state index in [9.17, 15) is 40.9 Å². The smallest absolute Gasteiger partial charge is 0.147 e. The molecular formula is C31H34O10. The van der Waals surface area contributed by atoms with Crippen LogP contribution in [-0.4, -0.2) is 116 Å². The van der Waals surface area contributed by atoms with Crippen molar-refractivity contribution >= 4 is 0 Å². The Kier molecular flexibility index (Phi) is 8.81. The van der Waals surface area contributed by atoms with Gasteiger partial charge < -0.3 is 50.3 Å². The number of aliphatic hydroxyl groups excluding tert-OH is 8. The predicted octanol–water partition coefficient (Wildman–Crippen LogP) is -1.62. The van der Waals surface area contributed by atoms with Gasteiger partial charge in [-0.25, -0.2) is 0 Å². The molecule has 8 atom stereocenters. The molecular weight excluding hydrogens is 532 g/mol. The second-order valence-electron chi connectivity index (χ2n) is 10.8. The van der Waals surface area contributed by atoms with Crippen molar-refractivity contribution in [2.45, 2.75) is 67.1 Å². The van der Waals surface area contributed by atoms with Crippen LogP contribution in [-0.2, 0) is 14.9 Å². The highest BCUT2D eigenvalue weighted by Crippen LogP contribution is 2.49. The van der Waals surface area contributed by atoms with Crippen molar-refractivity contribution < 1.29 is 50.3 Å². The van der Waals surface area contributed by atoms with Gasteiger partial charge in [0, 0.05) is 24.0 Å². The molecule has 2 saturated heterocycles. The summed E-state index contributed by atoms with van der Waals surface area (Å²) in [4.78, 5) is 0. The monoisotopic (exact) mass is 566 g/mol. The van der Waals surface area contributed by atoms with E-state index in [1.807, 2.05) is 12.1 Å². The molecule has 218 valence electrons. The summed E-state index contributed by atoms with van der Waals surface area (Å²) in [5.41, 5.74) is 2.86. The number of hydrogen-bond acceptors (Lipinski definition) is 10. The van der Waals surface area contributed by atoms with Gasteiger partial charge in [-0.2, -0.15) is 0 Å². The molecule has 0 spiro atoms. The summed E-state index contributed by atoms with van der Waals surface area (Å²) in [6.07, 6.45) is -7.65. The predicted molar refractivity (Wildman–Crippen MR) is 145 cm³/mol. The topological polar surface area (TPSA) is 180 Å². The van der Waals surface area contributed by atoms with E-state index in [0.29, 0.717) is 22.3 Å². The zero-order valence-electron chi connectivity index (χ0n) is 22.2. The fourth-order valence-electron chi connectivity index (χ4n) is 5.73. The average molecular weight is 567 g/mol. The number of fused-ring (bicyclic) bond motifs is 3. The molecule has 3 aliphatic rings. The van der Waals surface area contributed by atoms with Gasteiger partial charge in [-0.05, 0) is 46.5 Å². The number of hydrogen-bond donors (Lipinski definition) is 8. The molecule has 5 rings (SSSR count). The molecule has 2 aromatic carbocycles. The fraction of sp³-hybridized carbons (Fsp3) is 0.484. The molecule has 10 heteroatoms. The number of rotatable bonds is 4. The van der Waals surface area contributed by atoms with E-state index in [1.165, 1.54) is 0 Å². The van der Waals surface area contributed by atoms with Crippen molar-refractivity contribution in [1.29, 1.82) is 0 Å². The van der Waals surface area contributed by atoms with Crippen LogP contribution >= 0.6 is 0 Å². The van der Waals surface area contributed by atoms with Crippen molar-refractivity contribution in [2.24, 2.45) is 0 Å². The Morgan fingerprint density at radius 1 is 0.659 bits per heavy atom. The Labute approximate surface area is 237 Å². The second kappa shape index (κ2) is 12.2. The van der Waals surface area contributed by atoms with Crippen LogP contribution in [0.4, 0.5) is 0 Å². The van der Waals surface area contributed by atoms with Gasteiger partial charge in [0.15, 0.2) is 0 Å². The third-order valence-electron chi connectivity index (χ3n) is 8.12. The third-order valence-corrected chi connectivity index (χ3v) is 8.12. The van der Waals surface area contributed by atoms with Gasteiger partial charge in [0.1, 0.15) is 24.4 Å². The van der Waals surface area contributed by atoms with Crippen LogP contribution < -0.4 is 0 Å². The molecule has 0 bridgehead atoms. The largest absolute Gasteiger partial charge is 0.395 e. The Bertz CT molecular complexity index is 1280. The summed E-state index contributed by atoms with van der Waals surface area (Å²) in [6, 6.07) is 10.7. The molecule has 2 aliphatic heterocycles. The molecule has 41 heavy (non-hydrogen) atoms. The van der Waals surface area contributed by atoms with E-state index < -0.39 is 67.5 Å². The first-order valence-corrected chi connectivity index (χ1v) is 13.5. The molecule has 2 heterocycles. The first kappa shape index (κ1) is 29.6. The molecule has 0 amide bonds. The molecule has 10 nitrogen and oxygen atoms in total. The van der Waals surface area contributed by atoms with Crippen LogP contribution in [0.5, 0.6) is 0 Å². The summed E-state index contributed by atoms with van der Waals surface area (Å²) in [5, 5.41) is 80.6. The Hall–Kier alpha value is -2.84. The lowest BCUT2D eigenvalue weighted by molar-refractivity contribution is -0.157. The van der Waals surface area contributed by atoms with Gasteiger partial charge in [0.25, 0.3) is 0 Å². The molecule has 0 aromatic heterocycles. The van der Waals surface area contributed by atoms with E-state index in [1.54, 1.807) is 24.3 Å². The molecule has 8 unspecified atom stereocenters. The molecule has 2 aromatic rings. The lowest BCUT2D eigenvalue weighted by Gasteiger charge is -2.33. The standard InChI is InChI=1S/C31H34O10/c32-13-19-11-25(36)29(38)27(40-19)7-3-17-1-5-21-22-6-2-18(10-24(22)31(15-34,16-35)23(21)9-17)4-8-28-30(39)26(37)12-20(14-33)41-28/h1-2,5-6,9-10,19-20,25-30,32-39H,11-16H2. The van der Waals surface area contributed by atoms with Crippen LogP contribution in [0.15, 0.2) is 36.4 Å². The van der Waals surface area contributed by atoms with Crippen molar-refractivity contribution in [3.05, 3.63) is 58.7 Å². The molecule has 1 aliphatic carbocycles. The normalized spacial score (nSPS) is 31.7. The fourth-order valence-corrected chi connectivity index (χ4v) is 5.73. The van der Waals surface area contributed by atoms with E-state index in [4.69, 9.17) is 9.47 Å². The Balaban J connectivity index is 1.45. The van der Waals surface area contributed by atoms with Crippen LogP contribution in [0.3, 0.4) is 0 Å². The van der Waals surface area contributed by atoms with E-state index >= 15 is 0 Å². The van der Waals surface area contributed by atoms with Crippen molar-refractivity contribution in [3.63, 3.8) is 0 Å². The maximum Gasteiger partial charge on any atom is 0.147 e. The van der Waals surface area contributed by atoms with Crippen LogP contribution in [0.2, 0.25) is 0 Å². The highest BCUT2D eigenvalue weighted by Gasteiger charge is 2.43. The minimum Gasteiger partial charge on any atom is -0.395 e. The Morgan fingerprint density at radius 2 is 1.07 bits per heavy atom. The lowest BCUT2D eigenvalue weighted by atomic mass is 9.79. The zero-order valence-corrected chi connectivity index (χ0v) is 22.2. The number of benzene rings is 2. The highest BCUT2D eigenvalue weighted by atomic mass is 16.5. The maximum absolute atomic E-state index is 10.6. The van der Waals surface area contributed by atoms with Crippen LogP contribution in [0, 0.1) is 23.7 Å². The minimum atomic E-state index is -1.23. The quantitative estimate of drug-likeness (QED) is 0.201. The van der Waals surface area contributed by atoms with Crippen LogP contribution in [0.25, 0.3) is 11.1 Å². The van der Waals surface area contributed by atoms with Crippen molar-refractivity contribution in [1.82, 2.24) is 0 Å².